The molecule has 0 saturated heterocycles. The fraction of sp³-hybridized carbons (Fsp3) is 0.622. The first-order valence-corrected chi connectivity index (χ1v) is 26.3. The van der Waals surface area contributed by atoms with E-state index in [2.05, 4.69) is 71.6 Å². The number of nitrogens with one attached hydrogen (secondary N) is 1. The Morgan fingerprint density at radius 1 is 0.432 bits per heavy atom. The van der Waals surface area contributed by atoms with Crippen molar-refractivity contribution in [3.8, 4) is 11.5 Å². The van der Waals surface area contributed by atoms with Gasteiger partial charge < -0.3 is 76.5 Å². The minimum absolute atomic E-state index is 0.0208. The summed E-state index contributed by atoms with van der Waals surface area (Å²) < 4.78 is 93.3. The second kappa shape index (κ2) is 50.2. The SMILES string of the molecule is COC(=O)CC(=O)OC.COC(=O)CC(=O)OC.COC(=O)CC(NC(=O)CP(C)(=O)O)C(=O)OC.COC(=O)CCCC(=O)OC.COC(=O)CCCC(=O)OC.COC(=O)CS(=O)(=O)CC(=O)OC.COc1c(OC)c(=O)c1=O. The Balaban J connectivity index is -0.000000205. The van der Waals surface area contributed by atoms with E-state index in [4.69, 9.17) is 4.89 Å². The Labute approximate surface area is 465 Å². The second-order valence-electron chi connectivity index (χ2n) is 14.2. The van der Waals surface area contributed by atoms with Gasteiger partial charge in [0, 0.05) is 32.3 Å². The molecule has 2 N–H and O–H groups in total. The second-order valence-corrected chi connectivity index (χ2v) is 18.7. The van der Waals surface area contributed by atoms with Gasteiger partial charge in [-0.15, -0.1) is 0 Å². The zero-order valence-electron chi connectivity index (χ0n) is 47.4. The maximum absolute atomic E-state index is 11.4. The summed E-state index contributed by atoms with van der Waals surface area (Å²) in [4.78, 5) is 168. The Hall–Kier alpha value is -8.07. The van der Waals surface area contributed by atoms with Gasteiger partial charge in [0.05, 0.1) is 106 Å². The maximum atomic E-state index is 11.4. The van der Waals surface area contributed by atoms with E-state index in [1.165, 1.54) is 71.1 Å². The molecule has 0 heterocycles. The molecule has 0 aliphatic heterocycles. The number of methoxy groups -OCH3 is 14. The molecule has 0 aromatic heterocycles. The Kier molecular flexibility index (Phi) is 52.2. The monoisotopic (exact) mass is 1220 g/mol. The molecule has 81 heavy (non-hydrogen) atoms. The molecule has 36 heteroatoms. The summed E-state index contributed by atoms with van der Waals surface area (Å²) in [6, 6.07) is -1.23. The van der Waals surface area contributed by atoms with Gasteiger partial charge in [0.25, 0.3) is 10.9 Å². The highest BCUT2D eigenvalue weighted by Gasteiger charge is 2.27. The van der Waals surface area contributed by atoms with Crippen molar-refractivity contribution in [1.82, 2.24) is 5.32 Å². The van der Waals surface area contributed by atoms with Crippen LogP contribution in [0.2, 0.25) is 0 Å². The molecule has 0 aliphatic rings. The highest BCUT2D eigenvalue weighted by atomic mass is 32.2. The van der Waals surface area contributed by atoms with Gasteiger partial charge in [-0.2, -0.15) is 0 Å². The average molecular weight is 1220 g/mol. The van der Waals surface area contributed by atoms with Crippen LogP contribution in [0.4, 0.5) is 0 Å². The molecule has 2 atom stereocenters. The van der Waals surface area contributed by atoms with Crippen molar-refractivity contribution in [3.63, 3.8) is 0 Å². The molecule has 0 bridgehead atoms. The summed E-state index contributed by atoms with van der Waals surface area (Å²) in [5.41, 5.74) is -1.22. The van der Waals surface area contributed by atoms with Gasteiger partial charge in [-0.3, -0.25) is 71.7 Å². The topological polar surface area (TPSA) is 469 Å². The van der Waals surface area contributed by atoms with Crippen molar-refractivity contribution in [2.24, 2.45) is 0 Å². The highest BCUT2D eigenvalue weighted by Crippen LogP contribution is 2.34. The third-order valence-electron chi connectivity index (χ3n) is 8.14. The lowest BCUT2D eigenvalue weighted by Crippen LogP contribution is -2.44. The van der Waals surface area contributed by atoms with Crippen molar-refractivity contribution in [2.75, 3.05) is 124 Å². The van der Waals surface area contributed by atoms with Crippen molar-refractivity contribution in [1.29, 1.82) is 0 Å². The average Bonchev–Trinajstić information content (AvgIpc) is 3.43. The van der Waals surface area contributed by atoms with Crippen molar-refractivity contribution in [2.45, 2.75) is 63.8 Å². The zero-order chi connectivity index (χ0) is 64.5. The maximum Gasteiger partial charge on any atom is 0.328 e. The lowest BCUT2D eigenvalue weighted by atomic mass is 10.2. The smallest absolute Gasteiger partial charge is 0.328 e. The molecule has 1 aromatic carbocycles. The largest absolute Gasteiger partial charge is 0.489 e. The number of carbonyl (C=O) groups is 13. The Morgan fingerprint density at radius 2 is 0.691 bits per heavy atom. The van der Waals surface area contributed by atoms with Crippen LogP contribution >= 0.6 is 7.37 Å². The molecule has 0 fully saturated rings. The van der Waals surface area contributed by atoms with Crippen LogP contribution in [0.5, 0.6) is 11.5 Å². The van der Waals surface area contributed by atoms with E-state index >= 15 is 0 Å². The summed E-state index contributed by atoms with van der Waals surface area (Å²) in [6.45, 7) is 1.01. The molecule has 2 unspecified atom stereocenters. The molecular formula is C45H72NO33PS. The van der Waals surface area contributed by atoms with Crippen LogP contribution in [0, 0.1) is 0 Å². The Morgan fingerprint density at radius 3 is 0.901 bits per heavy atom. The van der Waals surface area contributed by atoms with Crippen molar-refractivity contribution >= 4 is 94.7 Å². The molecule has 1 rings (SSSR count). The molecule has 1 aromatic rings. The van der Waals surface area contributed by atoms with E-state index in [1.54, 1.807) is 0 Å². The molecule has 466 valence electrons. The van der Waals surface area contributed by atoms with Crippen LogP contribution in [0.1, 0.15) is 57.8 Å². The predicted molar refractivity (Wildman–Crippen MR) is 271 cm³/mol. The van der Waals surface area contributed by atoms with Gasteiger partial charge in [0.2, 0.25) is 24.8 Å². The van der Waals surface area contributed by atoms with Crippen LogP contribution < -0.4 is 25.6 Å². The van der Waals surface area contributed by atoms with Crippen molar-refractivity contribution in [3.05, 3.63) is 20.4 Å². The van der Waals surface area contributed by atoms with Crippen molar-refractivity contribution < 1.29 is 147 Å². The fourth-order valence-electron chi connectivity index (χ4n) is 4.03. The number of esters is 12. The number of carbonyl (C=O) groups excluding carboxylic acids is 13. The quantitative estimate of drug-likeness (QED) is 0.0358. The van der Waals surface area contributed by atoms with Crippen LogP contribution in [0.25, 0.3) is 0 Å². The standard InChI is InChI=1S/C9H16NO7P.2C7H12O4.C6H10O6S.C6H6O4.2C5H8O4/c1-16-8(12)4-6(9(13)17-2)10-7(11)5-18(3,14)15;2*1-10-6(8)4-3-5-7(9)11-2;1-11-5(7)3-13(9,10)4-6(8)12-2;1-9-5-3(7)4(8)6(5)10-2;2*1-8-4(6)3-5(7)9-2/h6H,4-5H2,1-3H3,(H,10,11)(H,14,15);2*3-5H2,1-2H3;3-4H2,1-2H3;1-2H3;2*3H2,1-2H3. The van der Waals surface area contributed by atoms with Crippen LogP contribution in [-0.2, 0) is 134 Å². The van der Waals surface area contributed by atoms with Gasteiger partial charge >= 0.3 is 71.6 Å². The van der Waals surface area contributed by atoms with Gasteiger partial charge in [-0.25, -0.2) is 13.2 Å². The third-order valence-corrected chi connectivity index (χ3v) is 10.4. The summed E-state index contributed by atoms with van der Waals surface area (Å²) in [5.74, 6) is -9.25. The number of ether oxygens (including phenoxy) is 14. The summed E-state index contributed by atoms with van der Waals surface area (Å²) in [5, 5.41) is 2.14. The van der Waals surface area contributed by atoms with Gasteiger partial charge in [-0.05, 0) is 12.8 Å². The lowest BCUT2D eigenvalue weighted by Gasteiger charge is -2.15. The number of rotatable bonds is 24. The van der Waals surface area contributed by atoms with E-state index in [0.29, 0.717) is 12.8 Å². The Bertz CT molecular complexity index is 2200. The van der Waals surface area contributed by atoms with E-state index in [0.717, 1.165) is 35.1 Å². The number of amides is 1. The van der Waals surface area contributed by atoms with Gasteiger partial charge in [0.1, 0.15) is 36.6 Å². The first-order valence-electron chi connectivity index (χ1n) is 22.2. The minimum Gasteiger partial charge on any atom is -0.489 e. The van der Waals surface area contributed by atoms with Crippen LogP contribution in [0.3, 0.4) is 0 Å². The molecule has 1 amide bonds. The first kappa shape index (κ1) is 84.2. The molecule has 0 saturated carbocycles. The molecular weight excluding hydrogens is 1150 g/mol. The van der Waals surface area contributed by atoms with E-state index < -0.39 is 112 Å². The normalized spacial score (nSPS) is 10.5. The van der Waals surface area contributed by atoms with E-state index in [1.807, 2.05) is 0 Å². The molecule has 34 nitrogen and oxygen atoms in total. The lowest BCUT2D eigenvalue weighted by molar-refractivity contribution is -0.153. The molecule has 0 radical (unpaired) electrons. The predicted octanol–water partition coefficient (Wildman–Crippen LogP) is -2.40. The van der Waals surface area contributed by atoms with Crippen LogP contribution in [0.15, 0.2) is 9.59 Å². The third kappa shape index (κ3) is 51.1. The first-order chi connectivity index (χ1) is 37.6. The highest BCUT2D eigenvalue weighted by molar-refractivity contribution is 7.92. The summed E-state index contributed by atoms with van der Waals surface area (Å²) in [7, 11) is 9.83. The fourth-order valence-corrected chi connectivity index (χ4v) is 5.71. The molecule has 0 aliphatic carbocycles. The van der Waals surface area contributed by atoms with E-state index in [9.17, 15) is 84.9 Å². The summed E-state index contributed by atoms with van der Waals surface area (Å²) in [6.07, 6.45) is 0.378. The molecule has 0 spiro atoms. The number of hydrogen-bond acceptors (Lipinski definition) is 32. The summed E-state index contributed by atoms with van der Waals surface area (Å²) >= 11 is 0. The minimum atomic E-state index is -3.75. The van der Waals surface area contributed by atoms with Gasteiger partial charge in [-0.1, -0.05) is 0 Å². The zero-order valence-corrected chi connectivity index (χ0v) is 49.1. The number of hydrogen-bond donors (Lipinski definition) is 2. The van der Waals surface area contributed by atoms with Crippen LogP contribution in [-0.4, -0.2) is 221 Å². The van der Waals surface area contributed by atoms with Gasteiger partial charge in [0.15, 0.2) is 9.84 Å². The number of sulfone groups is 1. The van der Waals surface area contributed by atoms with E-state index in [-0.39, 0.29) is 73.9 Å².